The average molecular weight is 347 g/mol. The minimum atomic E-state index is -4.44. The summed E-state index contributed by atoms with van der Waals surface area (Å²) in [7, 11) is 0. The summed E-state index contributed by atoms with van der Waals surface area (Å²) in [5, 5.41) is 5.12. The number of rotatable bonds is 5. The Morgan fingerprint density at radius 1 is 1.29 bits per heavy atom. The number of carbonyl (C=O) groups is 2. The van der Waals surface area contributed by atoms with E-state index in [1.165, 1.54) is 17.0 Å². The zero-order valence-electron chi connectivity index (χ0n) is 12.7. The maximum absolute atomic E-state index is 12.9. The maximum Gasteiger partial charge on any atom is 0.390 e. The Bertz CT molecular complexity index is 589. The number of alkyl halides is 3. The molecule has 0 spiro atoms. The van der Waals surface area contributed by atoms with Crippen LogP contribution in [0.3, 0.4) is 0 Å². The first kappa shape index (κ1) is 18.2. The fraction of sp³-hybridized carbons (Fsp3) is 0.467. The first-order valence-corrected chi connectivity index (χ1v) is 7.34. The molecule has 1 aliphatic rings. The number of benzene rings is 1. The minimum absolute atomic E-state index is 0.110. The van der Waals surface area contributed by atoms with Gasteiger partial charge in [-0.3, -0.25) is 9.59 Å². The second-order valence-corrected chi connectivity index (χ2v) is 5.47. The predicted molar refractivity (Wildman–Crippen MR) is 77.4 cm³/mol. The lowest BCUT2D eigenvalue weighted by Crippen LogP contribution is -2.52. The van der Waals surface area contributed by atoms with Gasteiger partial charge in [0, 0.05) is 19.1 Å². The van der Waals surface area contributed by atoms with E-state index in [0.717, 1.165) is 12.1 Å². The molecule has 1 aromatic carbocycles. The van der Waals surface area contributed by atoms with E-state index >= 15 is 0 Å². The Hall–Kier alpha value is -2.16. The second-order valence-electron chi connectivity index (χ2n) is 5.47. The van der Waals surface area contributed by atoms with Gasteiger partial charge in [-0.15, -0.1) is 0 Å². The highest BCUT2D eigenvalue weighted by Crippen LogP contribution is 2.29. The Kier molecular flexibility index (Phi) is 5.76. The smallest absolute Gasteiger partial charge is 0.353 e. The van der Waals surface area contributed by atoms with Gasteiger partial charge in [0.05, 0.1) is 19.5 Å². The van der Waals surface area contributed by atoms with Crippen molar-refractivity contribution in [1.82, 2.24) is 15.5 Å². The van der Waals surface area contributed by atoms with Crippen molar-refractivity contribution in [2.24, 2.45) is 0 Å². The lowest BCUT2D eigenvalue weighted by molar-refractivity contribution is -0.143. The first-order valence-electron chi connectivity index (χ1n) is 7.34. The molecule has 0 bridgehead atoms. The molecular weight excluding hydrogens is 330 g/mol. The van der Waals surface area contributed by atoms with Gasteiger partial charge in [-0.1, -0.05) is 12.1 Å². The lowest BCUT2D eigenvalue weighted by Gasteiger charge is -2.28. The van der Waals surface area contributed by atoms with Gasteiger partial charge in [-0.05, 0) is 17.7 Å². The first-order chi connectivity index (χ1) is 11.2. The number of hydrogen-bond donors (Lipinski definition) is 2. The quantitative estimate of drug-likeness (QED) is 0.791. The van der Waals surface area contributed by atoms with Crippen molar-refractivity contribution in [2.45, 2.75) is 18.6 Å². The largest absolute Gasteiger partial charge is 0.390 e. The second kappa shape index (κ2) is 7.61. The number of carbonyl (C=O) groups excluding carboxylic acids is 2. The number of piperazine rings is 1. The highest BCUT2D eigenvalue weighted by atomic mass is 19.4. The number of nitrogens with one attached hydrogen (secondary N) is 2. The molecule has 0 radical (unpaired) electrons. The molecule has 5 nitrogen and oxygen atoms in total. The summed E-state index contributed by atoms with van der Waals surface area (Å²) in [5.41, 5.74) is 0.234. The van der Waals surface area contributed by atoms with Gasteiger partial charge in [0.25, 0.3) is 0 Å². The molecule has 0 unspecified atom stereocenters. The molecule has 2 N–H and O–H groups in total. The van der Waals surface area contributed by atoms with E-state index in [2.05, 4.69) is 10.6 Å². The third-order valence-electron chi connectivity index (χ3n) is 3.60. The van der Waals surface area contributed by atoms with Crippen LogP contribution in [-0.4, -0.2) is 49.1 Å². The molecule has 0 aliphatic carbocycles. The van der Waals surface area contributed by atoms with E-state index in [0.29, 0.717) is 13.1 Å². The summed E-state index contributed by atoms with van der Waals surface area (Å²) < 4.78 is 51.2. The van der Waals surface area contributed by atoms with E-state index in [1.807, 2.05) is 0 Å². The Labute approximate surface area is 136 Å². The van der Waals surface area contributed by atoms with Gasteiger partial charge in [-0.2, -0.15) is 13.2 Å². The van der Waals surface area contributed by atoms with Crippen molar-refractivity contribution in [3.63, 3.8) is 0 Å². The zero-order chi connectivity index (χ0) is 17.7. The van der Waals surface area contributed by atoms with Crippen LogP contribution in [0, 0.1) is 5.82 Å². The van der Waals surface area contributed by atoms with Crippen LogP contribution in [0.4, 0.5) is 17.6 Å². The molecule has 1 heterocycles. The molecule has 24 heavy (non-hydrogen) atoms. The van der Waals surface area contributed by atoms with Crippen LogP contribution in [0.15, 0.2) is 24.3 Å². The van der Waals surface area contributed by atoms with Crippen molar-refractivity contribution in [2.75, 3.05) is 26.2 Å². The van der Waals surface area contributed by atoms with Gasteiger partial charge < -0.3 is 15.5 Å². The molecule has 0 saturated carbocycles. The summed E-state index contributed by atoms with van der Waals surface area (Å²) >= 11 is 0. The van der Waals surface area contributed by atoms with Crippen LogP contribution >= 0.6 is 0 Å². The summed E-state index contributed by atoms with van der Waals surface area (Å²) in [6.07, 6.45) is -5.63. The maximum atomic E-state index is 12.9. The number of hydrogen-bond acceptors (Lipinski definition) is 3. The molecule has 1 aromatic rings. The van der Waals surface area contributed by atoms with Gasteiger partial charge >= 0.3 is 6.18 Å². The molecule has 0 aromatic heterocycles. The van der Waals surface area contributed by atoms with E-state index in [4.69, 9.17) is 0 Å². The van der Waals surface area contributed by atoms with Gasteiger partial charge in [-0.25, -0.2) is 4.39 Å². The molecule has 132 valence electrons. The molecule has 1 saturated heterocycles. The van der Waals surface area contributed by atoms with Crippen molar-refractivity contribution >= 4 is 11.8 Å². The van der Waals surface area contributed by atoms with Crippen molar-refractivity contribution in [3.05, 3.63) is 35.6 Å². The van der Waals surface area contributed by atoms with Crippen LogP contribution in [0.5, 0.6) is 0 Å². The van der Waals surface area contributed by atoms with Crippen molar-refractivity contribution in [1.29, 1.82) is 0 Å². The van der Waals surface area contributed by atoms with Gasteiger partial charge in [0.2, 0.25) is 11.8 Å². The van der Waals surface area contributed by atoms with E-state index in [1.54, 1.807) is 0 Å². The highest BCUT2D eigenvalue weighted by Gasteiger charge is 2.33. The Morgan fingerprint density at radius 3 is 2.54 bits per heavy atom. The molecule has 2 rings (SSSR count). The van der Waals surface area contributed by atoms with Crippen LogP contribution in [0.2, 0.25) is 0 Å². The molecular formula is C15H17F4N3O2. The normalized spacial score (nSPS) is 16.7. The topological polar surface area (TPSA) is 61.4 Å². The van der Waals surface area contributed by atoms with Gasteiger partial charge in [0.15, 0.2) is 0 Å². The van der Waals surface area contributed by atoms with Crippen molar-refractivity contribution < 1.29 is 27.2 Å². The Balaban J connectivity index is 2.01. The lowest BCUT2D eigenvalue weighted by atomic mass is 10.0. The number of halogens is 4. The standard InChI is InChI=1S/C15H17F4N3O2/c16-11-3-1-10(2-4-11)12(7-15(17,18)19)21-8-14(24)22-6-5-20-13(23)9-22/h1-4,12,21H,5-9H2,(H,20,23)/t12-/m0/s1. The monoisotopic (exact) mass is 347 g/mol. The van der Waals surface area contributed by atoms with Crippen molar-refractivity contribution in [3.8, 4) is 0 Å². The summed E-state index contributed by atoms with van der Waals surface area (Å²) in [6.45, 7) is 0.174. The summed E-state index contributed by atoms with van der Waals surface area (Å²) in [4.78, 5) is 24.6. The number of nitrogens with zero attached hydrogens (tertiary/aromatic N) is 1. The van der Waals surface area contributed by atoms with E-state index < -0.39 is 30.4 Å². The molecule has 1 atom stereocenters. The predicted octanol–water partition coefficient (Wildman–Crippen LogP) is 1.37. The fourth-order valence-corrected chi connectivity index (χ4v) is 2.41. The molecule has 9 heteroatoms. The average Bonchev–Trinajstić information content (AvgIpc) is 2.51. The van der Waals surface area contributed by atoms with E-state index in [9.17, 15) is 27.2 Å². The number of amides is 2. The van der Waals surface area contributed by atoms with Crippen LogP contribution in [0.1, 0.15) is 18.0 Å². The highest BCUT2D eigenvalue weighted by molar-refractivity contribution is 5.86. The van der Waals surface area contributed by atoms with Crippen LogP contribution in [0.25, 0.3) is 0 Å². The molecule has 1 fully saturated rings. The van der Waals surface area contributed by atoms with Gasteiger partial charge in [0.1, 0.15) is 5.82 Å². The third-order valence-corrected chi connectivity index (χ3v) is 3.60. The SMILES string of the molecule is O=C1CN(C(=O)CN[C@@H](CC(F)(F)F)c2ccc(F)cc2)CCN1. The molecule has 1 aliphatic heterocycles. The van der Waals surface area contributed by atoms with E-state index in [-0.39, 0.29) is 24.6 Å². The fourth-order valence-electron chi connectivity index (χ4n) is 2.41. The minimum Gasteiger partial charge on any atom is -0.353 e. The summed E-state index contributed by atoms with van der Waals surface area (Å²) in [5.74, 6) is -1.32. The van der Waals surface area contributed by atoms with Crippen LogP contribution in [-0.2, 0) is 9.59 Å². The summed E-state index contributed by atoms with van der Waals surface area (Å²) in [6, 6.07) is 3.46. The Morgan fingerprint density at radius 2 is 1.96 bits per heavy atom. The van der Waals surface area contributed by atoms with Crippen LogP contribution < -0.4 is 10.6 Å². The zero-order valence-corrected chi connectivity index (χ0v) is 12.7. The molecule has 2 amide bonds. The third kappa shape index (κ3) is 5.48.